The third-order valence-electron chi connectivity index (χ3n) is 2.16. The monoisotopic (exact) mass is 207 g/mol. The second-order valence-corrected chi connectivity index (χ2v) is 4.18. The molecule has 0 saturated heterocycles. The van der Waals surface area contributed by atoms with Crippen molar-refractivity contribution in [3.05, 3.63) is 40.3 Å². The molecule has 1 unspecified atom stereocenters. The van der Waals surface area contributed by atoms with Gasteiger partial charge in [-0.3, -0.25) is 4.68 Å². The van der Waals surface area contributed by atoms with Crippen LogP contribution < -0.4 is 5.73 Å². The second-order valence-electron chi connectivity index (χ2n) is 3.20. The molecule has 1 atom stereocenters. The lowest BCUT2D eigenvalue weighted by atomic mass is 10.2. The van der Waals surface area contributed by atoms with E-state index in [2.05, 4.69) is 16.5 Å². The van der Waals surface area contributed by atoms with E-state index in [-0.39, 0.29) is 6.04 Å². The van der Waals surface area contributed by atoms with Crippen LogP contribution in [0.5, 0.6) is 0 Å². The summed E-state index contributed by atoms with van der Waals surface area (Å²) in [5, 5.41) is 6.44. The van der Waals surface area contributed by atoms with E-state index in [0.29, 0.717) is 6.54 Å². The Labute approximate surface area is 87.2 Å². The molecule has 4 heteroatoms. The number of nitrogens with two attached hydrogens (primary N) is 1. The van der Waals surface area contributed by atoms with Gasteiger partial charge in [-0.2, -0.15) is 5.10 Å². The van der Waals surface area contributed by atoms with Gasteiger partial charge in [0, 0.05) is 17.6 Å². The highest BCUT2D eigenvalue weighted by Gasteiger charge is 2.12. The van der Waals surface area contributed by atoms with Gasteiger partial charge in [-0.1, -0.05) is 6.07 Å². The van der Waals surface area contributed by atoms with Crippen LogP contribution in [-0.2, 0) is 0 Å². The van der Waals surface area contributed by atoms with Gasteiger partial charge in [0.05, 0.1) is 11.7 Å². The molecule has 2 aromatic heterocycles. The first-order valence-corrected chi connectivity index (χ1v) is 5.44. The molecule has 0 radical (unpaired) electrons. The molecular formula is C10H13N3S. The number of rotatable bonds is 3. The van der Waals surface area contributed by atoms with Crippen molar-refractivity contribution in [2.45, 2.75) is 13.0 Å². The number of thiophene rings is 1. The Hall–Kier alpha value is -1.13. The lowest BCUT2D eigenvalue weighted by Gasteiger charge is -2.13. The van der Waals surface area contributed by atoms with Crippen LogP contribution in [0, 0.1) is 6.92 Å². The molecular weight excluding hydrogens is 194 g/mol. The minimum atomic E-state index is 0.184. The van der Waals surface area contributed by atoms with Crippen molar-refractivity contribution < 1.29 is 0 Å². The number of aryl methyl sites for hydroxylation is 1. The maximum absolute atomic E-state index is 5.75. The average molecular weight is 207 g/mol. The fraction of sp³-hybridized carbons (Fsp3) is 0.300. The van der Waals surface area contributed by atoms with Gasteiger partial charge in [-0.15, -0.1) is 11.3 Å². The molecule has 2 aromatic rings. The largest absolute Gasteiger partial charge is 0.328 e. The number of nitrogens with zero attached hydrogens (tertiary/aromatic N) is 2. The molecule has 2 rings (SSSR count). The quantitative estimate of drug-likeness (QED) is 0.834. The maximum Gasteiger partial charge on any atom is 0.0982 e. The van der Waals surface area contributed by atoms with Crippen LogP contribution in [0.25, 0.3) is 0 Å². The van der Waals surface area contributed by atoms with Gasteiger partial charge in [0.25, 0.3) is 0 Å². The van der Waals surface area contributed by atoms with Crippen molar-refractivity contribution in [3.8, 4) is 0 Å². The fourth-order valence-electron chi connectivity index (χ4n) is 1.44. The highest BCUT2D eigenvalue weighted by Crippen LogP contribution is 2.21. The van der Waals surface area contributed by atoms with Crippen LogP contribution in [0.1, 0.15) is 16.6 Å². The molecule has 0 amide bonds. The van der Waals surface area contributed by atoms with Gasteiger partial charge in [0.15, 0.2) is 0 Å². The molecule has 0 fully saturated rings. The van der Waals surface area contributed by atoms with Gasteiger partial charge in [0.2, 0.25) is 0 Å². The summed E-state index contributed by atoms with van der Waals surface area (Å²) in [4.78, 5) is 1.26. The van der Waals surface area contributed by atoms with Crippen molar-refractivity contribution in [1.29, 1.82) is 0 Å². The minimum absolute atomic E-state index is 0.184. The molecule has 0 aromatic carbocycles. The van der Waals surface area contributed by atoms with E-state index in [1.165, 1.54) is 4.88 Å². The Morgan fingerprint density at radius 2 is 2.43 bits per heavy atom. The van der Waals surface area contributed by atoms with E-state index in [0.717, 1.165) is 5.69 Å². The third kappa shape index (κ3) is 1.71. The van der Waals surface area contributed by atoms with Crippen LogP contribution in [-0.4, -0.2) is 16.3 Å². The molecule has 74 valence electrons. The van der Waals surface area contributed by atoms with Crippen LogP contribution in [0.3, 0.4) is 0 Å². The smallest absolute Gasteiger partial charge is 0.0982 e. The van der Waals surface area contributed by atoms with Crippen molar-refractivity contribution in [2.75, 3.05) is 6.54 Å². The zero-order chi connectivity index (χ0) is 9.97. The van der Waals surface area contributed by atoms with Gasteiger partial charge >= 0.3 is 0 Å². The first-order valence-electron chi connectivity index (χ1n) is 4.56. The summed E-state index contributed by atoms with van der Waals surface area (Å²) < 4.78 is 1.93. The van der Waals surface area contributed by atoms with Crippen LogP contribution in [0.4, 0.5) is 0 Å². The normalized spacial score (nSPS) is 13.0. The first-order chi connectivity index (χ1) is 6.81. The van der Waals surface area contributed by atoms with Gasteiger partial charge < -0.3 is 5.73 Å². The lowest BCUT2D eigenvalue weighted by molar-refractivity contribution is 0.536. The van der Waals surface area contributed by atoms with Gasteiger partial charge in [0.1, 0.15) is 0 Å². The number of hydrogen-bond acceptors (Lipinski definition) is 3. The zero-order valence-corrected chi connectivity index (χ0v) is 8.87. The number of aromatic nitrogens is 2. The predicted octanol–water partition coefficient (Wildman–Crippen LogP) is 1.80. The molecule has 2 heterocycles. The predicted molar refractivity (Wildman–Crippen MR) is 58.5 cm³/mol. The zero-order valence-electron chi connectivity index (χ0n) is 8.05. The summed E-state index contributed by atoms with van der Waals surface area (Å²) in [7, 11) is 0. The van der Waals surface area contributed by atoms with Gasteiger partial charge in [-0.25, -0.2) is 0 Å². The van der Waals surface area contributed by atoms with Gasteiger partial charge in [-0.05, 0) is 24.4 Å². The van der Waals surface area contributed by atoms with E-state index in [1.54, 1.807) is 11.3 Å². The van der Waals surface area contributed by atoms with Crippen LogP contribution in [0.15, 0.2) is 29.8 Å². The maximum atomic E-state index is 5.75. The third-order valence-corrected chi connectivity index (χ3v) is 3.13. The Morgan fingerprint density at radius 1 is 1.57 bits per heavy atom. The SMILES string of the molecule is Cc1ccn(C(CN)c2cccs2)n1. The second kappa shape index (κ2) is 3.94. The molecule has 0 aliphatic heterocycles. The molecule has 0 bridgehead atoms. The number of hydrogen-bond donors (Lipinski definition) is 1. The van der Waals surface area contributed by atoms with E-state index >= 15 is 0 Å². The molecule has 0 aliphatic rings. The van der Waals surface area contributed by atoms with Crippen molar-refractivity contribution in [2.24, 2.45) is 5.73 Å². The van der Waals surface area contributed by atoms with E-state index < -0.39 is 0 Å². The topological polar surface area (TPSA) is 43.8 Å². The summed E-state index contributed by atoms with van der Waals surface area (Å²) in [5.41, 5.74) is 6.78. The summed E-state index contributed by atoms with van der Waals surface area (Å²) in [6.45, 7) is 2.57. The molecule has 2 N–H and O–H groups in total. The van der Waals surface area contributed by atoms with E-state index in [4.69, 9.17) is 5.73 Å². The summed E-state index contributed by atoms with van der Waals surface area (Å²) >= 11 is 1.72. The molecule has 0 spiro atoms. The molecule has 0 saturated carbocycles. The molecule has 14 heavy (non-hydrogen) atoms. The Balaban J connectivity index is 2.31. The van der Waals surface area contributed by atoms with Crippen molar-refractivity contribution in [1.82, 2.24) is 9.78 Å². The van der Waals surface area contributed by atoms with E-state index in [1.807, 2.05) is 29.9 Å². The lowest BCUT2D eigenvalue weighted by Crippen LogP contribution is -2.19. The van der Waals surface area contributed by atoms with Crippen molar-refractivity contribution in [3.63, 3.8) is 0 Å². The highest BCUT2D eigenvalue weighted by molar-refractivity contribution is 7.10. The van der Waals surface area contributed by atoms with E-state index in [9.17, 15) is 0 Å². The van der Waals surface area contributed by atoms with Crippen molar-refractivity contribution >= 4 is 11.3 Å². The standard InChI is InChI=1S/C10H13N3S/c1-8-4-5-13(12-8)9(7-11)10-3-2-6-14-10/h2-6,9H,7,11H2,1H3. The average Bonchev–Trinajstić information content (AvgIpc) is 2.79. The Kier molecular flexibility index (Phi) is 2.65. The summed E-state index contributed by atoms with van der Waals surface area (Å²) in [5.74, 6) is 0. The summed E-state index contributed by atoms with van der Waals surface area (Å²) in [6, 6.07) is 6.32. The Morgan fingerprint density at radius 3 is 2.93 bits per heavy atom. The fourth-order valence-corrected chi connectivity index (χ4v) is 2.27. The minimum Gasteiger partial charge on any atom is -0.328 e. The van der Waals surface area contributed by atoms with Crippen LogP contribution >= 0.6 is 11.3 Å². The Bertz CT molecular complexity index is 391. The molecule has 3 nitrogen and oxygen atoms in total. The molecule has 0 aliphatic carbocycles. The summed E-state index contributed by atoms with van der Waals surface area (Å²) in [6.07, 6.45) is 1.98. The van der Waals surface area contributed by atoms with Crippen LogP contribution in [0.2, 0.25) is 0 Å². The first kappa shape index (κ1) is 9.43. The highest BCUT2D eigenvalue weighted by atomic mass is 32.1.